The standard InChI is InChI=1S/C27H39NO7/c1-25-15-23(32)27(3)20(5-4-17-14-18(30)8-9-26(17,27)2)19(25)6-7-21(25)22(31)16-35-24(33)28-10-12-34-13-11-29/h8-9,14,19-21,23,29,32H,4-7,10-13,15-16H2,1-3H3,(H,28,33). The first-order valence-electron chi connectivity index (χ1n) is 12.8. The van der Waals surface area contributed by atoms with Crippen LogP contribution in [-0.2, 0) is 19.1 Å². The summed E-state index contributed by atoms with van der Waals surface area (Å²) >= 11 is 0. The first-order valence-corrected chi connectivity index (χ1v) is 12.8. The molecule has 0 bridgehead atoms. The fourth-order valence-corrected chi connectivity index (χ4v) is 7.85. The number of nitrogens with one attached hydrogen (secondary N) is 1. The molecule has 7 unspecified atom stereocenters. The second-order valence-corrected chi connectivity index (χ2v) is 11.3. The lowest BCUT2D eigenvalue weighted by Crippen LogP contribution is -2.63. The van der Waals surface area contributed by atoms with Gasteiger partial charge in [0.2, 0.25) is 0 Å². The number of rotatable bonds is 8. The second-order valence-electron chi connectivity index (χ2n) is 11.3. The van der Waals surface area contributed by atoms with Crippen molar-refractivity contribution in [3.05, 3.63) is 23.8 Å². The summed E-state index contributed by atoms with van der Waals surface area (Å²) in [5.41, 5.74) is -0.0393. The number of hydrogen-bond donors (Lipinski definition) is 3. The van der Waals surface area contributed by atoms with Gasteiger partial charge in [0.1, 0.15) is 0 Å². The molecule has 35 heavy (non-hydrogen) atoms. The Hall–Kier alpha value is -2.03. The molecule has 0 heterocycles. The van der Waals surface area contributed by atoms with Gasteiger partial charge >= 0.3 is 6.09 Å². The van der Waals surface area contributed by atoms with Crippen molar-refractivity contribution in [1.29, 1.82) is 0 Å². The molecule has 0 aromatic carbocycles. The number of ether oxygens (including phenoxy) is 2. The molecule has 4 rings (SSSR count). The number of carbonyl (C=O) groups is 3. The Kier molecular flexibility index (Phi) is 7.28. The molecule has 1 amide bonds. The van der Waals surface area contributed by atoms with Crippen LogP contribution in [0.4, 0.5) is 4.79 Å². The minimum Gasteiger partial charge on any atom is -0.442 e. The lowest BCUT2D eigenvalue weighted by atomic mass is 9.40. The van der Waals surface area contributed by atoms with Gasteiger partial charge in [0, 0.05) is 23.3 Å². The van der Waals surface area contributed by atoms with E-state index in [0.29, 0.717) is 6.42 Å². The van der Waals surface area contributed by atoms with E-state index in [-0.39, 0.29) is 73.1 Å². The van der Waals surface area contributed by atoms with Crippen LogP contribution in [0.15, 0.2) is 23.8 Å². The highest BCUT2D eigenvalue weighted by molar-refractivity contribution is 6.01. The number of hydrogen-bond acceptors (Lipinski definition) is 7. The molecular weight excluding hydrogens is 450 g/mol. The highest BCUT2D eigenvalue weighted by Gasteiger charge is 2.67. The summed E-state index contributed by atoms with van der Waals surface area (Å²) in [5.74, 6) is 0.177. The molecule has 0 aliphatic heterocycles. The molecule has 4 aliphatic rings. The number of fused-ring (bicyclic) bond motifs is 5. The van der Waals surface area contributed by atoms with Crippen molar-refractivity contribution in [1.82, 2.24) is 5.32 Å². The van der Waals surface area contributed by atoms with E-state index in [2.05, 4.69) is 26.1 Å². The smallest absolute Gasteiger partial charge is 0.407 e. The third-order valence-electron chi connectivity index (χ3n) is 9.88. The van der Waals surface area contributed by atoms with Crippen LogP contribution >= 0.6 is 0 Å². The van der Waals surface area contributed by atoms with Gasteiger partial charge in [-0.1, -0.05) is 32.4 Å². The Labute approximate surface area is 207 Å². The summed E-state index contributed by atoms with van der Waals surface area (Å²) in [5, 5.41) is 22.9. The van der Waals surface area contributed by atoms with Gasteiger partial charge in [-0.2, -0.15) is 0 Å². The highest BCUT2D eigenvalue weighted by Crippen LogP contribution is 2.71. The first kappa shape index (κ1) is 26.0. The molecule has 0 aromatic rings. The monoisotopic (exact) mass is 489 g/mol. The van der Waals surface area contributed by atoms with E-state index >= 15 is 0 Å². The SMILES string of the molecule is CC12CC(O)C3(C)C(CCC4=CC(=O)C=CC43C)C1CCC2C(=O)COC(=O)NCCOCCO. The van der Waals surface area contributed by atoms with Crippen molar-refractivity contribution in [2.24, 2.45) is 34.0 Å². The number of Topliss-reactive ketones (excluding diaryl/α,β-unsaturated/α-hetero) is 1. The topological polar surface area (TPSA) is 122 Å². The predicted molar refractivity (Wildman–Crippen MR) is 128 cm³/mol. The maximum Gasteiger partial charge on any atom is 0.407 e. The Balaban J connectivity index is 1.43. The molecule has 0 saturated heterocycles. The number of carbonyl (C=O) groups excluding carboxylic acids is 3. The highest BCUT2D eigenvalue weighted by atomic mass is 16.6. The molecule has 8 nitrogen and oxygen atoms in total. The number of aliphatic hydroxyl groups excluding tert-OH is 2. The maximum absolute atomic E-state index is 13.2. The van der Waals surface area contributed by atoms with Crippen LogP contribution in [0, 0.1) is 34.0 Å². The summed E-state index contributed by atoms with van der Waals surface area (Å²) < 4.78 is 10.3. The Morgan fingerprint density at radius 2 is 1.91 bits per heavy atom. The average Bonchev–Trinajstić information content (AvgIpc) is 3.15. The molecule has 3 fully saturated rings. The molecular formula is C27H39NO7. The van der Waals surface area contributed by atoms with Gasteiger partial charge in [-0.15, -0.1) is 0 Å². The van der Waals surface area contributed by atoms with Crippen LogP contribution in [-0.4, -0.2) is 66.9 Å². The average molecular weight is 490 g/mol. The van der Waals surface area contributed by atoms with Gasteiger partial charge in [0.05, 0.1) is 25.9 Å². The number of alkyl carbamates (subject to hydrolysis) is 1. The Morgan fingerprint density at radius 3 is 2.66 bits per heavy atom. The normalized spacial score (nSPS) is 39.8. The Morgan fingerprint density at radius 1 is 1.14 bits per heavy atom. The zero-order valence-electron chi connectivity index (χ0n) is 21.0. The molecule has 3 saturated carbocycles. The minimum absolute atomic E-state index is 0.0166. The molecule has 0 radical (unpaired) electrons. The van der Waals surface area contributed by atoms with Crippen molar-refractivity contribution < 1.29 is 34.1 Å². The Bertz CT molecular complexity index is 928. The fourth-order valence-electron chi connectivity index (χ4n) is 7.85. The molecule has 7 atom stereocenters. The molecule has 8 heteroatoms. The van der Waals surface area contributed by atoms with Crippen LogP contribution in [0.2, 0.25) is 0 Å². The van der Waals surface area contributed by atoms with Crippen molar-refractivity contribution in [3.8, 4) is 0 Å². The summed E-state index contributed by atoms with van der Waals surface area (Å²) in [7, 11) is 0. The second kappa shape index (κ2) is 9.79. The summed E-state index contributed by atoms with van der Waals surface area (Å²) in [6.45, 7) is 6.77. The zero-order chi connectivity index (χ0) is 25.4. The van der Waals surface area contributed by atoms with E-state index < -0.39 is 17.6 Å². The van der Waals surface area contributed by atoms with Gasteiger partial charge in [0.25, 0.3) is 0 Å². The number of amides is 1. The third kappa shape index (κ3) is 4.27. The van der Waals surface area contributed by atoms with Crippen LogP contribution in [0.1, 0.15) is 52.9 Å². The first-order chi connectivity index (χ1) is 16.6. The lowest BCUT2D eigenvalue weighted by Gasteiger charge is -2.65. The van der Waals surface area contributed by atoms with Crippen LogP contribution in [0.3, 0.4) is 0 Å². The van der Waals surface area contributed by atoms with Crippen molar-refractivity contribution in [2.45, 2.75) is 59.0 Å². The van der Waals surface area contributed by atoms with E-state index in [1.165, 1.54) is 0 Å². The van der Waals surface area contributed by atoms with E-state index in [9.17, 15) is 19.5 Å². The summed E-state index contributed by atoms with van der Waals surface area (Å²) in [4.78, 5) is 37.2. The van der Waals surface area contributed by atoms with E-state index in [1.54, 1.807) is 12.2 Å². The van der Waals surface area contributed by atoms with E-state index in [0.717, 1.165) is 31.3 Å². The molecule has 0 spiro atoms. The van der Waals surface area contributed by atoms with Crippen molar-refractivity contribution in [2.75, 3.05) is 33.0 Å². The number of aliphatic hydroxyl groups is 2. The zero-order valence-corrected chi connectivity index (χ0v) is 21.0. The van der Waals surface area contributed by atoms with Crippen molar-refractivity contribution >= 4 is 17.7 Å². The predicted octanol–water partition coefficient (Wildman–Crippen LogP) is 2.58. The molecule has 0 aromatic heterocycles. The summed E-state index contributed by atoms with van der Waals surface area (Å²) in [6, 6.07) is 0. The number of ketones is 2. The van der Waals surface area contributed by atoms with Crippen LogP contribution in [0.25, 0.3) is 0 Å². The quantitative estimate of drug-likeness (QED) is 0.448. The number of allylic oxidation sites excluding steroid dienone is 4. The van der Waals surface area contributed by atoms with Gasteiger partial charge in [-0.05, 0) is 61.5 Å². The van der Waals surface area contributed by atoms with Gasteiger partial charge in [-0.3, -0.25) is 9.59 Å². The van der Waals surface area contributed by atoms with Gasteiger partial charge in [-0.25, -0.2) is 4.79 Å². The van der Waals surface area contributed by atoms with Crippen LogP contribution < -0.4 is 5.32 Å². The third-order valence-corrected chi connectivity index (χ3v) is 9.88. The van der Waals surface area contributed by atoms with Crippen LogP contribution in [0.5, 0.6) is 0 Å². The molecule has 4 aliphatic carbocycles. The fraction of sp³-hybridized carbons (Fsp3) is 0.741. The maximum atomic E-state index is 13.2. The van der Waals surface area contributed by atoms with Gasteiger partial charge < -0.3 is 25.0 Å². The van der Waals surface area contributed by atoms with Crippen molar-refractivity contribution in [3.63, 3.8) is 0 Å². The lowest BCUT2D eigenvalue weighted by molar-refractivity contribution is -0.178. The minimum atomic E-state index is -0.667. The summed E-state index contributed by atoms with van der Waals surface area (Å²) in [6.07, 6.45) is 7.99. The van der Waals surface area contributed by atoms with Gasteiger partial charge in [0.15, 0.2) is 18.2 Å². The molecule has 3 N–H and O–H groups in total. The van der Waals surface area contributed by atoms with E-state index in [4.69, 9.17) is 14.6 Å². The molecule has 194 valence electrons. The largest absolute Gasteiger partial charge is 0.442 e. The van der Waals surface area contributed by atoms with E-state index in [1.807, 2.05) is 6.08 Å².